The summed E-state index contributed by atoms with van der Waals surface area (Å²) in [5, 5.41) is 18.5. The quantitative estimate of drug-likeness (QED) is 0.374. The van der Waals surface area contributed by atoms with Crippen LogP contribution in [-0.4, -0.2) is 71.4 Å². The second-order valence-corrected chi connectivity index (χ2v) is 9.26. The van der Waals surface area contributed by atoms with E-state index in [-0.39, 0.29) is 55.8 Å². The van der Waals surface area contributed by atoms with E-state index in [1.165, 1.54) is 0 Å². The van der Waals surface area contributed by atoms with E-state index < -0.39 is 6.10 Å². The van der Waals surface area contributed by atoms with Crippen molar-refractivity contribution >= 4 is 71.5 Å². The van der Waals surface area contributed by atoms with E-state index in [4.69, 9.17) is 21.1 Å². The molecule has 0 radical (unpaired) electrons. The second kappa shape index (κ2) is 14.3. The molecule has 4 heterocycles. The summed E-state index contributed by atoms with van der Waals surface area (Å²) in [5.74, 6) is 1.57. The third-order valence-corrected chi connectivity index (χ3v) is 6.88. The van der Waals surface area contributed by atoms with Gasteiger partial charge in [0.25, 0.3) is 5.91 Å². The number of hydrogen-bond donors (Lipinski definition) is 3. The summed E-state index contributed by atoms with van der Waals surface area (Å²) in [7, 11) is 1.65. The average Bonchev–Trinajstić information content (AvgIpc) is 2.87. The third-order valence-electron chi connectivity index (χ3n) is 6.56. The van der Waals surface area contributed by atoms with Crippen molar-refractivity contribution in [2.45, 2.75) is 31.5 Å². The van der Waals surface area contributed by atoms with Crippen LogP contribution >= 0.6 is 48.8 Å². The van der Waals surface area contributed by atoms with Gasteiger partial charge in [0.05, 0.1) is 29.4 Å². The van der Waals surface area contributed by atoms with Crippen LogP contribution in [0.2, 0.25) is 5.02 Å². The van der Waals surface area contributed by atoms with Gasteiger partial charge in [-0.2, -0.15) is 0 Å². The number of rotatable bonds is 7. The number of pyridine rings is 2. The minimum atomic E-state index is -0.505. The van der Waals surface area contributed by atoms with Crippen LogP contribution in [0.5, 0.6) is 11.5 Å². The van der Waals surface area contributed by atoms with Gasteiger partial charge in [-0.15, -0.1) is 37.2 Å². The van der Waals surface area contributed by atoms with Gasteiger partial charge in [0.15, 0.2) is 18.2 Å². The van der Waals surface area contributed by atoms with Crippen molar-refractivity contribution in [1.82, 2.24) is 20.2 Å². The van der Waals surface area contributed by atoms with Crippen molar-refractivity contribution in [3.63, 3.8) is 0 Å². The average molecular weight is 607 g/mol. The first-order valence-electron chi connectivity index (χ1n) is 11.7. The second-order valence-electron chi connectivity index (χ2n) is 8.85. The number of piperidine rings is 1. The number of aliphatic hydroxyl groups excluding tert-OH is 1. The highest BCUT2D eigenvalue weighted by Gasteiger charge is 2.27. The molecule has 5 rings (SSSR count). The summed E-state index contributed by atoms with van der Waals surface area (Å²) in [6.45, 7) is 2.72. The highest BCUT2D eigenvalue weighted by Crippen LogP contribution is 2.29. The number of ether oxygens (including phenoxy) is 2. The molecule has 1 amide bonds. The van der Waals surface area contributed by atoms with Crippen LogP contribution in [0.3, 0.4) is 0 Å². The number of fused-ring (bicyclic) bond motifs is 2. The van der Waals surface area contributed by atoms with Gasteiger partial charge < -0.3 is 30.1 Å². The SMILES string of the molecule is COc1ccc2ncc(Cl)c(CCN3CC[C@H](NCc4ccc5c(n4)NC(=O)CO5)[C@@H](O)C3)c2c1.Cl.Cl.Cl. The molecule has 208 valence electrons. The van der Waals surface area contributed by atoms with Crippen LogP contribution in [0.1, 0.15) is 17.7 Å². The molecule has 1 fully saturated rings. The van der Waals surface area contributed by atoms with Gasteiger partial charge in [-0.05, 0) is 55.3 Å². The van der Waals surface area contributed by atoms with Crippen molar-refractivity contribution < 1.29 is 19.4 Å². The Morgan fingerprint density at radius 3 is 2.84 bits per heavy atom. The Bertz CT molecular complexity index is 1250. The normalized spacial score (nSPS) is 18.7. The number of carbonyl (C=O) groups is 1. The maximum absolute atomic E-state index is 11.5. The van der Waals surface area contributed by atoms with Crippen LogP contribution in [0.4, 0.5) is 5.82 Å². The number of aliphatic hydroxyl groups is 1. The van der Waals surface area contributed by atoms with Gasteiger partial charge in [-0.3, -0.25) is 9.78 Å². The maximum atomic E-state index is 11.5. The minimum Gasteiger partial charge on any atom is -0.497 e. The van der Waals surface area contributed by atoms with Gasteiger partial charge >= 0.3 is 0 Å². The fourth-order valence-corrected chi connectivity index (χ4v) is 4.87. The summed E-state index contributed by atoms with van der Waals surface area (Å²) in [6.07, 6.45) is 2.75. The van der Waals surface area contributed by atoms with Crippen molar-refractivity contribution in [1.29, 1.82) is 0 Å². The van der Waals surface area contributed by atoms with Crippen molar-refractivity contribution in [2.24, 2.45) is 0 Å². The molecule has 3 N–H and O–H groups in total. The third kappa shape index (κ3) is 7.30. The van der Waals surface area contributed by atoms with Gasteiger partial charge in [0.1, 0.15) is 5.75 Å². The van der Waals surface area contributed by atoms with Crippen molar-refractivity contribution in [2.75, 3.05) is 38.7 Å². The zero-order chi connectivity index (χ0) is 24.4. The zero-order valence-corrected chi connectivity index (χ0v) is 23.9. The molecule has 1 aromatic carbocycles. The first-order chi connectivity index (χ1) is 17.0. The van der Waals surface area contributed by atoms with Gasteiger partial charge in [0.2, 0.25) is 0 Å². The maximum Gasteiger partial charge on any atom is 0.263 e. The van der Waals surface area contributed by atoms with E-state index in [1.807, 2.05) is 24.3 Å². The predicted octanol–water partition coefficient (Wildman–Crippen LogP) is 3.66. The number of nitrogens with one attached hydrogen (secondary N) is 2. The molecule has 0 unspecified atom stereocenters. The molecule has 0 bridgehead atoms. The van der Waals surface area contributed by atoms with Gasteiger partial charge in [-0.1, -0.05) is 11.6 Å². The number of nitrogens with zero attached hydrogens (tertiary/aromatic N) is 3. The van der Waals surface area contributed by atoms with Crippen LogP contribution in [-0.2, 0) is 17.8 Å². The molecule has 0 saturated carbocycles. The molecule has 13 heteroatoms. The highest BCUT2D eigenvalue weighted by molar-refractivity contribution is 6.32. The molecule has 2 aromatic heterocycles. The number of hydrogen-bond acceptors (Lipinski definition) is 8. The first-order valence-corrected chi connectivity index (χ1v) is 12.1. The molecule has 2 aliphatic rings. The minimum absolute atomic E-state index is 0. The number of anilines is 1. The van der Waals surface area contributed by atoms with Crippen molar-refractivity contribution in [3.05, 3.63) is 52.8 Å². The van der Waals surface area contributed by atoms with E-state index in [0.717, 1.165) is 53.8 Å². The molecule has 0 spiro atoms. The Labute approximate surface area is 244 Å². The van der Waals surface area contributed by atoms with Crippen LogP contribution in [0.25, 0.3) is 10.9 Å². The summed E-state index contributed by atoms with van der Waals surface area (Å²) in [4.78, 5) is 22.7. The zero-order valence-electron chi connectivity index (χ0n) is 20.7. The number of benzene rings is 1. The number of amides is 1. The van der Waals surface area contributed by atoms with E-state index >= 15 is 0 Å². The highest BCUT2D eigenvalue weighted by atomic mass is 35.5. The summed E-state index contributed by atoms with van der Waals surface area (Å²) in [6, 6.07) is 9.44. The predicted molar refractivity (Wildman–Crippen MR) is 155 cm³/mol. The lowest BCUT2D eigenvalue weighted by atomic mass is 10.00. The Balaban J connectivity index is 0.00000169. The Morgan fingerprint density at radius 1 is 1.26 bits per heavy atom. The molecule has 0 aliphatic carbocycles. The molecule has 2 atom stereocenters. The summed E-state index contributed by atoms with van der Waals surface area (Å²) in [5.41, 5.74) is 2.70. The number of β-amino-alcohol motifs (C(OH)–C–C–N with tert-alkyl or cyclic N) is 1. The number of methoxy groups -OCH3 is 1. The molecular weight excluding hydrogens is 576 g/mol. The van der Waals surface area contributed by atoms with E-state index in [9.17, 15) is 9.90 Å². The lowest BCUT2D eigenvalue weighted by Gasteiger charge is -2.36. The molecule has 2 aliphatic heterocycles. The molecular formula is C25H31Cl4N5O4. The fourth-order valence-electron chi connectivity index (χ4n) is 4.63. The van der Waals surface area contributed by atoms with Crippen LogP contribution in [0.15, 0.2) is 36.5 Å². The Hall–Kier alpha value is -2.11. The number of aromatic nitrogens is 2. The topological polar surface area (TPSA) is 109 Å². The monoisotopic (exact) mass is 605 g/mol. The fraction of sp³-hybridized carbons (Fsp3) is 0.400. The van der Waals surface area contributed by atoms with Crippen LogP contribution in [0, 0.1) is 0 Å². The molecule has 3 aromatic rings. The number of likely N-dealkylation sites (tertiary alicyclic amines) is 1. The Kier molecular flexibility index (Phi) is 12.1. The van der Waals surface area contributed by atoms with E-state index in [1.54, 1.807) is 19.4 Å². The van der Waals surface area contributed by atoms with Gasteiger partial charge in [-0.25, -0.2) is 4.98 Å². The number of carbonyl (C=O) groups excluding carboxylic acids is 1. The van der Waals surface area contributed by atoms with Gasteiger partial charge in [0, 0.05) is 37.3 Å². The molecule has 1 saturated heterocycles. The largest absolute Gasteiger partial charge is 0.497 e. The molecule has 9 nitrogen and oxygen atoms in total. The van der Waals surface area contributed by atoms with Crippen molar-refractivity contribution in [3.8, 4) is 11.5 Å². The number of halogens is 4. The smallest absolute Gasteiger partial charge is 0.263 e. The first kappa shape index (κ1) is 32.1. The summed E-state index contributed by atoms with van der Waals surface area (Å²) < 4.78 is 10.7. The lowest BCUT2D eigenvalue weighted by molar-refractivity contribution is -0.118. The summed E-state index contributed by atoms with van der Waals surface area (Å²) >= 11 is 6.50. The van der Waals surface area contributed by atoms with E-state index in [2.05, 4.69) is 25.5 Å². The molecule has 38 heavy (non-hydrogen) atoms. The standard InChI is InChI=1S/C25H28ClN5O4.3ClH/c1-34-16-3-4-20-18(10-16)17(19(26)12-28-20)6-8-31-9-7-21(22(32)13-31)27-11-15-2-5-23-25(29-15)30-24(33)14-35-23;;;/h2-5,10,12,21-22,27,32H,6-9,11,13-14H2,1H3,(H,29,30,33);3*1H/t21-,22-;;;/m0.../s1. The van der Waals surface area contributed by atoms with Crippen LogP contribution < -0.4 is 20.1 Å². The lowest BCUT2D eigenvalue weighted by Crippen LogP contribution is -2.52. The van der Waals surface area contributed by atoms with E-state index in [0.29, 0.717) is 29.7 Å². The Morgan fingerprint density at radius 2 is 2.08 bits per heavy atom.